The number of carbonyl (C=O) groups is 1. The molecule has 2 aromatic heterocycles. The number of nitrogens with one attached hydrogen (secondary N) is 2. The summed E-state index contributed by atoms with van der Waals surface area (Å²) in [5.41, 5.74) is 2.73. The van der Waals surface area contributed by atoms with Crippen molar-refractivity contribution in [3.8, 4) is 0 Å². The topological polar surface area (TPSA) is 97.9 Å². The van der Waals surface area contributed by atoms with E-state index in [9.17, 15) is 4.79 Å². The summed E-state index contributed by atoms with van der Waals surface area (Å²) >= 11 is 0. The van der Waals surface area contributed by atoms with Crippen LogP contribution in [0.4, 0.5) is 11.6 Å². The second kappa shape index (κ2) is 4.62. The van der Waals surface area contributed by atoms with Crippen molar-refractivity contribution in [3.63, 3.8) is 0 Å². The molecule has 17 heavy (non-hydrogen) atoms. The maximum Gasteiger partial charge on any atom is 0.260 e. The van der Waals surface area contributed by atoms with Gasteiger partial charge in [0.1, 0.15) is 0 Å². The molecular formula is C10H12N6O. The number of hydrogen-bond donors (Lipinski definition) is 3. The monoisotopic (exact) mass is 232 g/mol. The molecule has 0 aliphatic carbocycles. The van der Waals surface area contributed by atoms with Crippen LogP contribution in [0.1, 0.15) is 10.4 Å². The van der Waals surface area contributed by atoms with Crippen LogP contribution in [0, 0.1) is 0 Å². The Hall–Kier alpha value is -2.41. The van der Waals surface area contributed by atoms with E-state index >= 15 is 0 Å². The zero-order valence-corrected chi connectivity index (χ0v) is 9.21. The molecule has 0 aromatic carbocycles. The number of rotatable bonds is 3. The lowest BCUT2D eigenvalue weighted by Gasteiger charge is -2.06. The van der Waals surface area contributed by atoms with Crippen molar-refractivity contribution in [2.24, 2.45) is 12.9 Å². The highest BCUT2D eigenvalue weighted by atomic mass is 16.1. The van der Waals surface area contributed by atoms with Crippen molar-refractivity contribution in [1.29, 1.82) is 0 Å². The van der Waals surface area contributed by atoms with Gasteiger partial charge in [0, 0.05) is 25.5 Å². The number of hydrazine groups is 1. The SMILES string of the molecule is Cn1ccc(NC(=O)c2cccnc2NN)n1. The van der Waals surface area contributed by atoms with Crippen LogP contribution in [0.5, 0.6) is 0 Å². The number of anilines is 2. The van der Waals surface area contributed by atoms with Gasteiger partial charge in [0.15, 0.2) is 11.6 Å². The first kappa shape index (κ1) is 11.1. The Balaban J connectivity index is 2.20. The van der Waals surface area contributed by atoms with E-state index in [4.69, 9.17) is 5.84 Å². The molecule has 2 aromatic rings. The van der Waals surface area contributed by atoms with Crippen molar-refractivity contribution in [3.05, 3.63) is 36.2 Å². The third kappa shape index (κ3) is 2.40. The Labute approximate surface area is 97.6 Å². The van der Waals surface area contributed by atoms with Gasteiger partial charge < -0.3 is 10.7 Å². The minimum atomic E-state index is -0.315. The number of nitrogens with two attached hydrogens (primary N) is 1. The smallest absolute Gasteiger partial charge is 0.260 e. The Morgan fingerprint density at radius 1 is 1.47 bits per heavy atom. The van der Waals surface area contributed by atoms with Gasteiger partial charge in [0.25, 0.3) is 5.91 Å². The van der Waals surface area contributed by atoms with E-state index in [1.807, 2.05) is 0 Å². The van der Waals surface area contributed by atoms with E-state index in [0.717, 1.165) is 0 Å². The predicted molar refractivity (Wildman–Crippen MR) is 63.2 cm³/mol. The molecule has 0 saturated carbocycles. The van der Waals surface area contributed by atoms with Crippen LogP contribution < -0.4 is 16.6 Å². The van der Waals surface area contributed by atoms with Gasteiger partial charge in [-0.1, -0.05) is 0 Å². The highest BCUT2D eigenvalue weighted by Gasteiger charge is 2.12. The Morgan fingerprint density at radius 2 is 2.29 bits per heavy atom. The molecule has 88 valence electrons. The average molecular weight is 232 g/mol. The Morgan fingerprint density at radius 3 is 2.94 bits per heavy atom. The van der Waals surface area contributed by atoms with E-state index in [1.54, 1.807) is 42.3 Å². The summed E-state index contributed by atoms with van der Waals surface area (Å²) in [7, 11) is 1.77. The fourth-order valence-electron chi connectivity index (χ4n) is 1.37. The van der Waals surface area contributed by atoms with Crippen LogP contribution in [0.15, 0.2) is 30.6 Å². The highest BCUT2D eigenvalue weighted by Crippen LogP contribution is 2.12. The number of pyridine rings is 1. The molecule has 2 heterocycles. The minimum Gasteiger partial charge on any atom is -0.308 e. The van der Waals surface area contributed by atoms with Gasteiger partial charge >= 0.3 is 0 Å². The summed E-state index contributed by atoms with van der Waals surface area (Å²) in [5, 5.41) is 6.69. The van der Waals surface area contributed by atoms with Crippen LogP contribution in [0.2, 0.25) is 0 Å². The molecule has 1 amide bonds. The maximum atomic E-state index is 11.9. The van der Waals surface area contributed by atoms with Crippen molar-refractivity contribution in [1.82, 2.24) is 14.8 Å². The molecule has 0 saturated heterocycles. The number of nitrogen functional groups attached to an aromatic ring is 1. The van der Waals surface area contributed by atoms with Crippen molar-refractivity contribution in [2.45, 2.75) is 0 Å². The van der Waals surface area contributed by atoms with Gasteiger partial charge in [0.05, 0.1) is 5.56 Å². The summed E-state index contributed by atoms with van der Waals surface area (Å²) in [6.45, 7) is 0. The van der Waals surface area contributed by atoms with E-state index in [-0.39, 0.29) is 5.91 Å². The Bertz CT molecular complexity index is 535. The molecular weight excluding hydrogens is 220 g/mol. The lowest BCUT2D eigenvalue weighted by atomic mass is 10.2. The minimum absolute atomic E-state index is 0.315. The third-order valence-electron chi connectivity index (χ3n) is 2.14. The van der Waals surface area contributed by atoms with Gasteiger partial charge in [0.2, 0.25) is 0 Å². The number of aryl methyl sites for hydroxylation is 1. The second-order valence-corrected chi connectivity index (χ2v) is 3.37. The molecule has 0 atom stereocenters. The molecule has 7 heteroatoms. The average Bonchev–Trinajstić information content (AvgIpc) is 2.74. The van der Waals surface area contributed by atoms with Crippen molar-refractivity contribution >= 4 is 17.5 Å². The number of carbonyl (C=O) groups excluding carboxylic acids is 1. The Kier molecular flexibility index (Phi) is 3.01. The van der Waals surface area contributed by atoms with Gasteiger partial charge in [-0.15, -0.1) is 0 Å². The number of nitrogens with zero attached hydrogens (tertiary/aromatic N) is 3. The lowest BCUT2D eigenvalue weighted by molar-refractivity contribution is 0.102. The zero-order chi connectivity index (χ0) is 12.3. The molecule has 2 rings (SSSR count). The first-order valence-corrected chi connectivity index (χ1v) is 4.93. The van der Waals surface area contributed by atoms with Crippen LogP contribution in [0.25, 0.3) is 0 Å². The zero-order valence-electron chi connectivity index (χ0n) is 9.21. The summed E-state index contributed by atoms with van der Waals surface area (Å²) in [4.78, 5) is 15.8. The number of amides is 1. The van der Waals surface area contributed by atoms with Crippen LogP contribution in [-0.2, 0) is 7.05 Å². The van der Waals surface area contributed by atoms with Gasteiger partial charge in [-0.3, -0.25) is 9.48 Å². The number of aromatic nitrogens is 3. The molecule has 0 unspecified atom stereocenters. The van der Waals surface area contributed by atoms with Crippen LogP contribution >= 0.6 is 0 Å². The first-order chi connectivity index (χ1) is 8.20. The predicted octanol–water partition coefficient (Wildman–Crippen LogP) is 0.353. The number of hydrogen-bond acceptors (Lipinski definition) is 5. The fourth-order valence-corrected chi connectivity index (χ4v) is 1.37. The summed E-state index contributed by atoms with van der Waals surface area (Å²) in [5.74, 6) is 5.76. The second-order valence-electron chi connectivity index (χ2n) is 3.37. The molecule has 0 aliphatic rings. The van der Waals surface area contributed by atoms with Crippen LogP contribution in [0.3, 0.4) is 0 Å². The first-order valence-electron chi connectivity index (χ1n) is 4.93. The van der Waals surface area contributed by atoms with Crippen molar-refractivity contribution < 1.29 is 4.79 Å². The molecule has 0 fully saturated rings. The van der Waals surface area contributed by atoms with Gasteiger partial charge in [-0.05, 0) is 12.1 Å². The summed E-state index contributed by atoms with van der Waals surface area (Å²) < 4.78 is 1.60. The summed E-state index contributed by atoms with van der Waals surface area (Å²) in [6, 6.07) is 4.98. The maximum absolute atomic E-state index is 11.9. The van der Waals surface area contributed by atoms with Gasteiger partial charge in [-0.25, -0.2) is 10.8 Å². The van der Waals surface area contributed by atoms with E-state index in [2.05, 4.69) is 20.8 Å². The van der Waals surface area contributed by atoms with E-state index in [0.29, 0.717) is 17.2 Å². The molecule has 7 nitrogen and oxygen atoms in total. The van der Waals surface area contributed by atoms with Crippen molar-refractivity contribution in [2.75, 3.05) is 10.7 Å². The third-order valence-corrected chi connectivity index (χ3v) is 2.14. The quantitative estimate of drug-likeness (QED) is 0.524. The highest BCUT2D eigenvalue weighted by molar-refractivity contribution is 6.06. The molecule has 0 aliphatic heterocycles. The molecule has 4 N–H and O–H groups in total. The van der Waals surface area contributed by atoms with E-state index in [1.165, 1.54) is 0 Å². The fraction of sp³-hybridized carbons (Fsp3) is 0.100. The van der Waals surface area contributed by atoms with Crippen LogP contribution in [-0.4, -0.2) is 20.7 Å². The molecule has 0 radical (unpaired) electrons. The molecule has 0 spiro atoms. The summed E-state index contributed by atoms with van der Waals surface area (Å²) in [6.07, 6.45) is 3.29. The van der Waals surface area contributed by atoms with Gasteiger partial charge in [-0.2, -0.15) is 5.10 Å². The molecule has 0 bridgehead atoms. The largest absolute Gasteiger partial charge is 0.308 e. The van der Waals surface area contributed by atoms with E-state index < -0.39 is 0 Å². The lowest BCUT2D eigenvalue weighted by Crippen LogP contribution is -2.18. The normalized spacial score (nSPS) is 10.0. The standard InChI is InChI=1S/C10H12N6O/c1-16-6-4-8(15-16)13-10(17)7-3-2-5-12-9(7)14-11/h2-6H,11H2,1H3,(H,12,14)(H,13,15,17).